The van der Waals surface area contributed by atoms with Crippen LogP contribution in [0.5, 0.6) is 0 Å². The lowest BCUT2D eigenvalue weighted by Gasteiger charge is -2.30. The van der Waals surface area contributed by atoms with Gasteiger partial charge in [-0.3, -0.25) is 4.57 Å². The largest absolute Gasteiger partial charge is 0.383 e. The standard InChI is InChI=1S/C19H27FN4O4S/c1-3-23-18(21-24(19(23)25)12-13-28-2)16-8-10-22(11-9-16)29(26,27)14-15-4-6-17(20)7-5-15/h4-7,16H,3,8-14H2,1-2H3. The molecule has 0 aliphatic carbocycles. The molecule has 160 valence electrons. The predicted octanol–water partition coefficient (Wildman–Crippen LogP) is 1.56. The highest BCUT2D eigenvalue weighted by molar-refractivity contribution is 7.88. The van der Waals surface area contributed by atoms with E-state index >= 15 is 0 Å². The van der Waals surface area contributed by atoms with Crippen LogP contribution in [0.3, 0.4) is 0 Å². The van der Waals surface area contributed by atoms with Crippen molar-refractivity contribution in [2.24, 2.45) is 0 Å². The summed E-state index contributed by atoms with van der Waals surface area (Å²) in [6.45, 7) is 3.95. The first-order chi connectivity index (χ1) is 13.9. The maximum atomic E-state index is 13.0. The van der Waals surface area contributed by atoms with Crippen LogP contribution in [0.25, 0.3) is 0 Å². The Labute approximate surface area is 169 Å². The average molecular weight is 427 g/mol. The SMILES string of the molecule is CCn1c(C2CCN(S(=O)(=O)Cc3ccc(F)cc3)CC2)nn(CCOC)c1=O. The van der Waals surface area contributed by atoms with Crippen molar-refractivity contribution >= 4 is 10.0 Å². The topological polar surface area (TPSA) is 86.4 Å². The summed E-state index contributed by atoms with van der Waals surface area (Å²) in [5.41, 5.74) is 0.399. The summed E-state index contributed by atoms with van der Waals surface area (Å²) < 4.78 is 48.1. The highest BCUT2D eigenvalue weighted by Crippen LogP contribution is 2.28. The number of benzene rings is 1. The molecule has 1 fully saturated rings. The van der Waals surface area contributed by atoms with Gasteiger partial charge in [-0.1, -0.05) is 12.1 Å². The molecule has 8 nitrogen and oxygen atoms in total. The quantitative estimate of drug-likeness (QED) is 0.639. The number of piperidine rings is 1. The van der Waals surface area contributed by atoms with Crippen LogP contribution in [0.4, 0.5) is 4.39 Å². The molecule has 0 saturated carbocycles. The van der Waals surface area contributed by atoms with E-state index in [1.807, 2.05) is 6.92 Å². The van der Waals surface area contributed by atoms with Gasteiger partial charge in [0.1, 0.15) is 11.6 Å². The molecule has 2 aromatic rings. The molecular formula is C19H27FN4O4S. The smallest absolute Gasteiger partial charge is 0.345 e. The van der Waals surface area contributed by atoms with E-state index < -0.39 is 10.0 Å². The number of nitrogens with zero attached hydrogens (tertiary/aromatic N) is 4. The number of methoxy groups -OCH3 is 1. The highest BCUT2D eigenvalue weighted by atomic mass is 32.2. The number of ether oxygens (including phenoxy) is 1. The summed E-state index contributed by atoms with van der Waals surface area (Å²) in [6.07, 6.45) is 1.20. The van der Waals surface area contributed by atoms with Crippen molar-refractivity contribution in [2.45, 2.75) is 44.5 Å². The summed E-state index contributed by atoms with van der Waals surface area (Å²) in [5.74, 6) is 0.204. The van der Waals surface area contributed by atoms with Gasteiger partial charge in [0.15, 0.2) is 0 Å². The Morgan fingerprint density at radius 2 is 1.86 bits per heavy atom. The normalized spacial score (nSPS) is 16.4. The average Bonchev–Trinajstić information content (AvgIpc) is 3.03. The third-order valence-corrected chi connectivity index (χ3v) is 7.10. The van der Waals surface area contributed by atoms with E-state index in [1.54, 1.807) is 11.7 Å². The zero-order valence-corrected chi connectivity index (χ0v) is 17.6. The molecule has 1 saturated heterocycles. The Bertz CT molecular complexity index is 977. The number of aromatic nitrogens is 3. The second kappa shape index (κ2) is 9.19. The van der Waals surface area contributed by atoms with Crippen LogP contribution in [-0.4, -0.2) is 53.9 Å². The number of hydrogen-bond donors (Lipinski definition) is 0. The highest BCUT2D eigenvalue weighted by Gasteiger charge is 2.31. The van der Waals surface area contributed by atoms with Crippen LogP contribution in [0.1, 0.15) is 37.1 Å². The van der Waals surface area contributed by atoms with Crippen LogP contribution < -0.4 is 5.69 Å². The Hall–Kier alpha value is -2.04. The third-order valence-electron chi connectivity index (χ3n) is 5.25. The molecule has 0 N–H and O–H groups in total. The summed E-state index contributed by atoms with van der Waals surface area (Å²) in [5, 5.41) is 4.49. The maximum absolute atomic E-state index is 13.0. The Balaban J connectivity index is 1.68. The lowest BCUT2D eigenvalue weighted by atomic mass is 9.97. The van der Waals surface area contributed by atoms with Crippen LogP contribution in [-0.2, 0) is 33.6 Å². The van der Waals surface area contributed by atoms with Crippen molar-refractivity contribution in [3.05, 3.63) is 52.0 Å². The number of halogens is 1. The molecule has 1 aromatic carbocycles. The van der Waals surface area contributed by atoms with Crippen LogP contribution in [0.15, 0.2) is 29.1 Å². The molecule has 29 heavy (non-hydrogen) atoms. The molecule has 1 aliphatic heterocycles. The first kappa shape index (κ1) is 21.7. The van der Waals surface area contributed by atoms with Gasteiger partial charge in [-0.05, 0) is 37.5 Å². The molecule has 1 aromatic heterocycles. The summed E-state index contributed by atoms with van der Waals surface area (Å²) in [7, 11) is -1.91. The zero-order valence-electron chi connectivity index (χ0n) is 16.8. The number of hydrogen-bond acceptors (Lipinski definition) is 5. The fraction of sp³-hybridized carbons (Fsp3) is 0.579. The van der Waals surface area contributed by atoms with Gasteiger partial charge >= 0.3 is 5.69 Å². The minimum Gasteiger partial charge on any atom is -0.383 e. The van der Waals surface area contributed by atoms with Crippen molar-refractivity contribution in [1.29, 1.82) is 0 Å². The molecule has 2 heterocycles. The molecule has 10 heteroatoms. The third kappa shape index (κ3) is 4.93. The van der Waals surface area contributed by atoms with E-state index in [-0.39, 0.29) is 23.2 Å². The lowest BCUT2D eigenvalue weighted by molar-refractivity contribution is 0.182. The molecule has 0 atom stereocenters. The van der Waals surface area contributed by atoms with Gasteiger partial charge in [0.25, 0.3) is 0 Å². The van der Waals surface area contributed by atoms with Crippen LogP contribution in [0, 0.1) is 5.82 Å². The van der Waals surface area contributed by atoms with Gasteiger partial charge in [0.05, 0.1) is 18.9 Å². The molecule has 0 radical (unpaired) electrons. The number of sulfonamides is 1. The molecule has 0 bridgehead atoms. The molecule has 0 unspecified atom stereocenters. The first-order valence-electron chi connectivity index (χ1n) is 9.74. The van der Waals surface area contributed by atoms with E-state index in [1.165, 1.54) is 33.3 Å². The lowest BCUT2D eigenvalue weighted by Crippen LogP contribution is -2.39. The Morgan fingerprint density at radius 1 is 1.21 bits per heavy atom. The molecule has 3 rings (SSSR count). The molecule has 0 amide bonds. The molecule has 0 spiro atoms. The fourth-order valence-electron chi connectivity index (χ4n) is 3.66. The molecular weight excluding hydrogens is 399 g/mol. The van der Waals surface area contributed by atoms with Crippen molar-refractivity contribution in [1.82, 2.24) is 18.7 Å². The van der Waals surface area contributed by atoms with E-state index in [9.17, 15) is 17.6 Å². The molecule has 1 aliphatic rings. The van der Waals surface area contributed by atoms with Crippen molar-refractivity contribution in [3.8, 4) is 0 Å². The Kier molecular flexibility index (Phi) is 6.86. The monoisotopic (exact) mass is 426 g/mol. The van der Waals surface area contributed by atoms with E-state index in [0.717, 1.165) is 0 Å². The van der Waals surface area contributed by atoms with Gasteiger partial charge in [-0.15, -0.1) is 0 Å². The van der Waals surface area contributed by atoms with E-state index in [4.69, 9.17) is 4.74 Å². The van der Waals surface area contributed by atoms with E-state index in [2.05, 4.69) is 5.10 Å². The van der Waals surface area contributed by atoms with Crippen LogP contribution in [0.2, 0.25) is 0 Å². The van der Waals surface area contributed by atoms with Gasteiger partial charge in [-0.25, -0.2) is 26.6 Å². The van der Waals surface area contributed by atoms with Crippen molar-refractivity contribution in [2.75, 3.05) is 26.8 Å². The van der Waals surface area contributed by atoms with Crippen LogP contribution >= 0.6 is 0 Å². The second-order valence-electron chi connectivity index (χ2n) is 7.16. The van der Waals surface area contributed by atoms with Crippen molar-refractivity contribution in [3.63, 3.8) is 0 Å². The maximum Gasteiger partial charge on any atom is 0.345 e. The van der Waals surface area contributed by atoms with Gasteiger partial charge < -0.3 is 4.74 Å². The van der Waals surface area contributed by atoms with Crippen molar-refractivity contribution < 1.29 is 17.5 Å². The summed E-state index contributed by atoms with van der Waals surface area (Å²) in [4.78, 5) is 12.5. The van der Waals surface area contributed by atoms with Gasteiger partial charge in [-0.2, -0.15) is 5.10 Å². The Morgan fingerprint density at radius 3 is 2.45 bits per heavy atom. The first-order valence-corrected chi connectivity index (χ1v) is 11.4. The minimum atomic E-state index is -3.49. The van der Waals surface area contributed by atoms with Gasteiger partial charge in [0, 0.05) is 32.7 Å². The summed E-state index contributed by atoms with van der Waals surface area (Å²) >= 11 is 0. The zero-order chi connectivity index (χ0) is 21.0. The van der Waals surface area contributed by atoms with E-state index in [0.29, 0.717) is 57.0 Å². The van der Waals surface area contributed by atoms with Gasteiger partial charge in [0.2, 0.25) is 10.0 Å². The predicted molar refractivity (Wildman–Crippen MR) is 107 cm³/mol. The minimum absolute atomic E-state index is 0.0312. The second-order valence-corrected chi connectivity index (χ2v) is 9.13. The number of rotatable bonds is 8. The summed E-state index contributed by atoms with van der Waals surface area (Å²) in [6, 6.07) is 5.51. The fourth-order valence-corrected chi connectivity index (χ4v) is 5.22.